The smallest absolute Gasteiger partial charge is 0.222 e. The Morgan fingerprint density at radius 2 is 2.04 bits per heavy atom. The number of carbonyl (C=O) groups excluding carboxylic acids is 1. The molecule has 2 rings (SSSR count). The summed E-state index contributed by atoms with van der Waals surface area (Å²) < 4.78 is 0. The van der Waals surface area contributed by atoms with Crippen LogP contribution in [0.5, 0.6) is 0 Å². The summed E-state index contributed by atoms with van der Waals surface area (Å²) in [7, 11) is 0. The van der Waals surface area contributed by atoms with Crippen LogP contribution in [0, 0.1) is 6.92 Å². The number of nitrogens with one attached hydrogen (secondary N) is 2. The molecule has 2 N–H and O–H groups in total. The molecule has 0 aliphatic rings. The number of amides is 1. The lowest BCUT2D eigenvalue weighted by Crippen LogP contribution is -2.25. The van der Waals surface area contributed by atoms with Gasteiger partial charge in [-0.1, -0.05) is 38.1 Å². The van der Waals surface area contributed by atoms with E-state index in [1.54, 1.807) is 12.4 Å². The van der Waals surface area contributed by atoms with Crippen molar-refractivity contribution >= 4 is 11.6 Å². The summed E-state index contributed by atoms with van der Waals surface area (Å²) in [5, 5.41) is 6.34. The van der Waals surface area contributed by atoms with E-state index in [1.807, 2.05) is 12.1 Å². The van der Waals surface area contributed by atoms with E-state index < -0.39 is 0 Å². The molecule has 0 radical (unpaired) electrons. The number of hydrogen-bond donors (Lipinski definition) is 2. The van der Waals surface area contributed by atoms with Crippen LogP contribution in [0.1, 0.15) is 42.9 Å². The first-order valence-electron chi connectivity index (χ1n) is 8.07. The number of aromatic nitrogens is 1. The van der Waals surface area contributed by atoms with Crippen molar-refractivity contribution in [3.63, 3.8) is 0 Å². The standard InChI is InChI=1S/C19H25N3O/c1-14(2)17-8-4-6-15(3)19(17)21-11-9-18(23)22-13-16-7-5-10-20-12-16/h4-8,10,12,14,21H,9,11,13H2,1-3H3,(H,22,23). The SMILES string of the molecule is Cc1cccc(C(C)C)c1NCCC(=O)NCc1cccnc1. The van der Waals surface area contributed by atoms with Gasteiger partial charge >= 0.3 is 0 Å². The van der Waals surface area contributed by atoms with E-state index in [0.29, 0.717) is 25.4 Å². The Balaban J connectivity index is 1.82. The average molecular weight is 311 g/mol. The highest BCUT2D eigenvalue weighted by Crippen LogP contribution is 2.27. The van der Waals surface area contributed by atoms with Crippen LogP contribution >= 0.6 is 0 Å². The molecule has 0 spiro atoms. The Labute approximate surface area is 138 Å². The van der Waals surface area contributed by atoms with Gasteiger partial charge in [0, 0.05) is 37.6 Å². The lowest BCUT2D eigenvalue weighted by atomic mass is 9.98. The van der Waals surface area contributed by atoms with Gasteiger partial charge in [0.2, 0.25) is 5.91 Å². The molecule has 1 heterocycles. The molecule has 0 saturated carbocycles. The molecule has 2 aromatic rings. The fraction of sp³-hybridized carbons (Fsp3) is 0.368. The predicted octanol–water partition coefficient (Wildman–Crippen LogP) is 3.63. The number of aryl methyl sites for hydroxylation is 1. The second kappa shape index (κ2) is 8.32. The Morgan fingerprint density at radius 3 is 2.74 bits per heavy atom. The van der Waals surface area contributed by atoms with E-state index >= 15 is 0 Å². The predicted molar refractivity (Wildman–Crippen MR) is 94.5 cm³/mol. The fourth-order valence-corrected chi connectivity index (χ4v) is 2.51. The number of anilines is 1. The number of hydrogen-bond acceptors (Lipinski definition) is 3. The van der Waals surface area contributed by atoms with Crippen LogP contribution in [0.2, 0.25) is 0 Å². The van der Waals surface area contributed by atoms with Crippen molar-refractivity contribution in [3.05, 3.63) is 59.4 Å². The Kier molecular flexibility index (Phi) is 6.15. The van der Waals surface area contributed by atoms with E-state index in [0.717, 1.165) is 11.3 Å². The zero-order chi connectivity index (χ0) is 16.7. The van der Waals surface area contributed by atoms with E-state index in [2.05, 4.69) is 54.6 Å². The normalized spacial score (nSPS) is 10.6. The molecule has 0 aliphatic carbocycles. The first-order chi connectivity index (χ1) is 11.1. The van der Waals surface area contributed by atoms with Crippen molar-refractivity contribution in [1.82, 2.24) is 10.3 Å². The maximum Gasteiger partial charge on any atom is 0.222 e. The van der Waals surface area contributed by atoms with Gasteiger partial charge in [0.05, 0.1) is 0 Å². The molecular weight excluding hydrogens is 286 g/mol. The molecule has 1 aromatic heterocycles. The molecule has 0 aliphatic heterocycles. The Morgan fingerprint density at radius 1 is 1.22 bits per heavy atom. The zero-order valence-corrected chi connectivity index (χ0v) is 14.1. The number of carbonyl (C=O) groups is 1. The quantitative estimate of drug-likeness (QED) is 0.821. The lowest BCUT2D eigenvalue weighted by Gasteiger charge is -2.17. The third-order valence-electron chi connectivity index (χ3n) is 3.79. The first kappa shape index (κ1) is 17.0. The van der Waals surface area contributed by atoms with Gasteiger partial charge in [-0.2, -0.15) is 0 Å². The minimum absolute atomic E-state index is 0.0426. The summed E-state index contributed by atoms with van der Waals surface area (Å²) in [4.78, 5) is 16.0. The highest BCUT2D eigenvalue weighted by atomic mass is 16.1. The second-order valence-electron chi connectivity index (χ2n) is 6.01. The minimum atomic E-state index is 0.0426. The number of rotatable bonds is 7. The molecule has 0 atom stereocenters. The topological polar surface area (TPSA) is 54.0 Å². The molecule has 0 unspecified atom stereocenters. The molecule has 0 fully saturated rings. The van der Waals surface area contributed by atoms with Gasteiger partial charge in [0.15, 0.2) is 0 Å². The van der Waals surface area contributed by atoms with Gasteiger partial charge < -0.3 is 10.6 Å². The van der Waals surface area contributed by atoms with Gasteiger partial charge in [-0.3, -0.25) is 9.78 Å². The van der Waals surface area contributed by atoms with Gasteiger partial charge in [0.25, 0.3) is 0 Å². The van der Waals surface area contributed by atoms with Crippen molar-refractivity contribution in [1.29, 1.82) is 0 Å². The molecule has 0 saturated heterocycles. The third kappa shape index (κ3) is 5.09. The number of benzene rings is 1. The molecule has 1 amide bonds. The first-order valence-corrected chi connectivity index (χ1v) is 8.07. The van der Waals surface area contributed by atoms with E-state index in [4.69, 9.17) is 0 Å². The second-order valence-corrected chi connectivity index (χ2v) is 6.01. The summed E-state index contributed by atoms with van der Waals surface area (Å²) in [6, 6.07) is 10.1. The molecule has 122 valence electrons. The number of para-hydroxylation sites is 1. The molecule has 4 heteroatoms. The fourth-order valence-electron chi connectivity index (χ4n) is 2.51. The molecule has 1 aromatic carbocycles. The summed E-state index contributed by atoms with van der Waals surface area (Å²) in [6.45, 7) is 7.61. The number of pyridine rings is 1. The summed E-state index contributed by atoms with van der Waals surface area (Å²) in [6.07, 6.45) is 3.94. The van der Waals surface area contributed by atoms with Crippen LogP contribution in [0.15, 0.2) is 42.7 Å². The van der Waals surface area contributed by atoms with Gasteiger partial charge in [0.1, 0.15) is 0 Å². The van der Waals surface area contributed by atoms with Gasteiger partial charge in [-0.25, -0.2) is 0 Å². The van der Waals surface area contributed by atoms with Crippen LogP contribution in [-0.4, -0.2) is 17.4 Å². The minimum Gasteiger partial charge on any atom is -0.384 e. The average Bonchev–Trinajstić information content (AvgIpc) is 2.55. The van der Waals surface area contributed by atoms with E-state index in [1.165, 1.54) is 11.1 Å². The van der Waals surface area contributed by atoms with Crippen molar-refractivity contribution in [2.75, 3.05) is 11.9 Å². The Hall–Kier alpha value is -2.36. The summed E-state index contributed by atoms with van der Waals surface area (Å²) in [5.74, 6) is 0.498. The monoisotopic (exact) mass is 311 g/mol. The molecule has 0 bridgehead atoms. The largest absolute Gasteiger partial charge is 0.384 e. The van der Waals surface area contributed by atoms with Crippen LogP contribution in [0.25, 0.3) is 0 Å². The highest BCUT2D eigenvalue weighted by molar-refractivity contribution is 5.76. The van der Waals surface area contributed by atoms with Crippen molar-refractivity contribution in [3.8, 4) is 0 Å². The third-order valence-corrected chi connectivity index (χ3v) is 3.79. The zero-order valence-electron chi connectivity index (χ0n) is 14.1. The maximum absolute atomic E-state index is 11.9. The van der Waals surface area contributed by atoms with Crippen molar-refractivity contribution < 1.29 is 4.79 Å². The van der Waals surface area contributed by atoms with Crippen LogP contribution in [-0.2, 0) is 11.3 Å². The van der Waals surface area contributed by atoms with Gasteiger partial charge in [-0.15, -0.1) is 0 Å². The highest BCUT2D eigenvalue weighted by Gasteiger charge is 2.09. The molecule has 4 nitrogen and oxygen atoms in total. The summed E-state index contributed by atoms with van der Waals surface area (Å²) in [5.41, 5.74) is 4.67. The molecule has 23 heavy (non-hydrogen) atoms. The van der Waals surface area contributed by atoms with Crippen LogP contribution < -0.4 is 10.6 Å². The molecular formula is C19H25N3O. The maximum atomic E-state index is 11.9. The summed E-state index contributed by atoms with van der Waals surface area (Å²) >= 11 is 0. The van der Waals surface area contributed by atoms with Gasteiger partial charge in [-0.05, 0) is 35.6 Å². The van der Waals surface area contributed by atoms with Crippen molar-refractivity contribution in [2.45, 2.75) is 39.7 Å². The van der Waals surface area contributed by atoms with E-state index in [-0.39, 0.29) is 5.91 Å². The van der Waals surface area contributed by atoms with Crippen molar-refractivity contribution in [2.24, 2.45) is 0 Å². The lowest BCUT2D eigenvalue weighted by molar-refractivity contribution is -0.121. The van der Waals surface area contributed by atoms with Crippen LogP contribution in [0.3, 0.4) is 0 Å². The van der Waals surface area contributed by atoms with Crippen LogP contribution in [0.4, 0.5) is 5.69 Å². The van der Waals surface area contributed by atoms with E-state index in [9.17, 15) is 4.79 Å². The Bertz CT molecular complexity index is 638. The number of nitrogens with zero attached hydrogens (tertiary/aromatic N) is 1.